The first-order valence-electron chi connectivity index (χ1n) is 6.39. The van der Waals surface area contributed by atoms with Crippen molar-refractivity contribution in [3.8, 4) is 0 Å². The van der Waals surface area contributed by atoms with E-state index in [1.807, 2.05) is 36.9 Å². The van der Waals surface area contributed by atoms with Crippen molar-refractivity contribution < 1.29 is 4.74 Å². The zero-order valence-electron chi connectivity index (χ0n) is 11.2. The second kappa shape index (κ2) is 6.47. The Morgan fingerprint density at radius 1 is 1.63 bits per heavy atom. The predicted octanol–water partition coefficient (Wildman–Crippen LogP) is 1.73. The van der Waals surface area contributed by atoms with E-state index >= 15 is 0 Å². The number of hydrogen-bond donors (Lipinski definition) is 1. The third-order valence-electron chi connectivity index (χ3n) is 2.77. The summed E-state index contributed by atoms with van der Waals surface area (Å²) in [4.78, 5) is 10.7. The largest absolute Gasteiger partial charge is 0.463 e. The van der Waals surface area contributed by atoms with Crippen LogP contribution in [-0.2, 0) is 4.74 Å². The molecule has 0 saturated carbocycles. The van der Waals surface area contributed by atoms with Crippen LogP contribution < -0.4 is 5.32 Å². The van der Waals surface area contributed by atoms with E-state index in [4.69, 9.17) is 17.0 Å². The van der Waals surface area contributed by atoms with Crippen LogP contribution in [0.25, 0.3) is 0 Å². The lowest BCUT2D eigenvalue weighted by molar-refractivity contribution is 0.348. The van der Waals surface area contributed by atoms with E-state index in [-0.39, 0.29) is 6.04 Å². The Hall–Kier alpha value is -1.69. The Bertz CT molecular complexity index is 463. The van der Waals surface area contributed by atoms with Crippen LogP contribution in [0.4, 0.5) is 0 Å². The van der Waals surface area contributed by atoms with E-state index in [0.717, 1.165) is 18.8 Å². The fourth-order valence-corrected chi connectivity index (χ4v) is 2.11. The quantitative estimate of drug-likeness (QED) is 0.853. The highest BCUT2D eigenvalue weighted by molar-refractivity contribution is 7.80. The minimum absolute atomic E-state index is 0.0544. The van der Waals surface area contributed by atoms with Crippen molar-refractivity contribution in [3.05, 3.63) is 30.1 Å². The average molecular weight is 278 g/mol. The van der Waals surface area contributed by atoms with Crippen LogP contribution in [0.5, 0.6) is 0 Å². The summed E-state index contributed by atoms with van der Waals surface area (Å²) in [5.41, 5.74) is 0.916. The minimum Gasteiger partial charge on any atom is -0.463 e. The van der Waals surface area contributed by atoms with Crippen molar-refractivity contribution in [2.24, 2.45) is 4.99 Å². The molecule has 0 spiro atoms. The Labute approximate surface area is 118 Å². The van der Waals surface area contributed by atoms with Crippen LogP contribution in [0.1, 0.15) is 25.6 Å². The number of nitrogens with one attached hydrogen (secondary N) is 1. The lowest BCUT2D eigenvalue weighted by Crippen LogP contribution is -2.40. The van der Waals surface area contributed by atoms with Gasteiger partial charge < -0.3 is 10.1 Å². The Balaban J connectivity index is 2.11. The van der Waals surface area contributed by atoms with Gasteiger partial charge in [-0.15, -0.1) is 0 Å². The fraction of sp³-hybridized carbons (Fsp3) is 0.462. The number of pyridine rings is 1. The first-order chi connectivity index (χ1) is 9.22. The molecule has 0 aromatic carbocycles. The molecule has 1 aromatic rings. The van der Waals surface area contributed by atoms with Crippen LogP contribution in [0.3, 0.4) is 0 Å². The van der Waals surface area contributed by atoms with Crippen molar-refractivity contribution in [2.75, 3.05) is 19.7 Å². The highest BCUT2D eigenvalue weighted by Gasteiger charge is 2.24. The van der Waals surface area contributed by atoms with E-state index in [0.29, 0.717) is 17.7 Å². The van der Waals surface area contributed by atoms with Crippen LogP contribution in [0.2, 0.25) is 0 Å². The summed E-state index contributed by atoms with van der Waals surface area (Å²) < 4.78 is 5.55. The van der Waals surface area contributed by atoms with Crippen molar-refractivity contribution in [1.29, 1.82) is 0 Å². The zero-order valence-corrected chi connectivity index (χ0v) is 12.0. The molecule has 1 atom stereocenters. The van der Waals surface area contributed by atoms with Gasteiger partial charge in [-0.25, -0.2) is 4.99 Å². The van der Waals surface area contributed by atoms with Gasteiger partial charge in [0, 0.05) is 12.7 Å². The van der Waals surface area contributed by atoms with Gasteiger partial charge in [-0.1, -0.05) is 6.07 Å². The molecule has 0 aliphatic carbocycles. The molecule has 6 heteroatoms. The van der Waals surface area contributed by atoms with Crippen LogP contribution in [-0.4, -0.2) is 40.7 Å². The molecule has 1 aliphatic rings. The van der Waals surface area contributed by atoms with Crippen LogP contribution in [0, 0.1) is 0 Å². The maximum atomic E-state index is 5.55. The summed E-state index contributed by atoms with van der Waals surface area (Å²) in [5.74, 6) is 0. The molecule has 1 saturated heterocycles. The Morgan fingerprint density at radius 3 is 3.16 bits per heavy atom. The number of aliphatic imine (C=N–C) groups is 1. The summed E-state index contributed by atoms with van der Waals surface area (Å²) in [6.07, 6.45) is 1.77. The molecule has 1 N–H and O–H groups in total. The summed E-state index contributed by atoms with van der Waals surface area (Å²) in [5, 5.41) is 3.77. The molecule has 0 amide bonds. The molecule has 2 rings (SSSR count). The van der Waals surface area contributed by atoms with E-state index in [1.54, 1.807) is 6.20 Å². The van der Waals surface area contributed by atoms with Gasteiger partial charge in [-0.2, -0.15) is 0 Å². The van der Waals surface area contributed by atoms with E-state index in [1.165, 1.54) is 0 Å². The van der Waals surface area contributed by atoms with E-state index in [9.17, 15) is 0 Å². The highest BCUT2D eigenvalue weighted by atomic mass is 32.1. The van der Waals surface area contributed by atoms with Gasteiger partial charge in [0.1, 0.15) is 6.61 Å². The molecule has 1 aromatic heterocycles. The lowest BCUT2D eigenvalue weighted by atomic mass is 10.2. The first kappa shape index (κ1) is 13.7. The third kappa shape index (κ3) is 3.41. The van der Waals surface area contributed by atoms with Crippen molar-refractivity contribution in [3.63, 3.8) is 0 Å². The number of rotatable bonds is 3. The van der Waals surface area contributed by atoms with Gasteiger partial charge in [-0.3, -0.25) is 9.88 Å². The van der Waals surface area contributed by atoms with Crippen LogP contribution >= 0.6 is 12.2 Å². The lowest BCUT2D eigenvalue weighted by Gasteiger charge is -2.18. The highest BCUT2D eigenvalue weighted by Crippen LogP contribution is 2.16. The second-order valence-corrected chi connectivity index (χ2v) is 4.56. The van der Waals surface area contributed by atoms with E-state index in [2.05, 4.69) is 15.3 Å². The van der Waals surface area contributed by atoms with Crippen molar-refractivity contribution >= 4 is 23.4 Å². The SMILES string of the molecule is CCNC(=S)N1CCO/C1=N/C(C)c1ccccn1. The molecular weight excluding hydrogens is 260 g/mol. The van der Waals surface area contributed by atoms with E-state index < -0.39 is 0 Å². The number of aromatic nitrogens is 1. The molecule has 2 heterocycles. The number of ether oxygens (including phenoxy) is 1. The number of hydrogen-bond acceptors (Lipinski definition) is 4. The van der Waals surface area contributed by atoms with Gasteiger partial charge >= 0.3 is 0 Å². The fourth-order valence-electron chi connectivity index (χ4n) is 1.80. The molecule has 0 bridgehead atoms. The van der Waals surface area contributed by atoms with Gasteiger partial charge in [-0.05, 0) is 38.2 Å². The molecule has 102 valence electrons. The minimum atomic E-state index is -0.0544. The zero-order chi connectivity index (χ0) is 13.7. The number of nitrogens with zero attached hydrogens (tertiary/aromatic N) is 3. The molecule has 1 aliphatic heterocycles. The standard InChI is InChI=1S/C13H18N4OS/c1-3-14-13(19)17-8-9-18-12(17)16-10(2)11-6-4-5-7-15-11/h4-7,10H,3,8-9H2,1-2H3,(H,14,19)/b16-12+. The monoisotopic (exact) mass is 278 g/mol. The van der Waals surface area contributed by atoms with Gasteiger partial charge in [0.2, 0.25) is 0 Å². The van der Waals surface area contributed by atoms with Crippen molar-refractivity contribution in [2.45, 2.75) is 19.9 Å². The molecule has 0 radical (unpaired) electrons. The van der Waals surface area contributed by atoms with Crippen LogP contribution in [0.15, 0.2) is 29.4 Å². The summed E-state index contributed by atoms with van der Waals surface area (Å²) >= 11 is 5.30. The normalized spacial score (nSPS) is 18.2. The maximum Gasteiger partial charge on any atom is 0.294 e. The number of amidine groups is 1. The Morgan fingerprint density at radius 2 is 2.47 bits per heavy atom. The van der Waals surface area contributed by atoms with Crippen molar-refractivity contribution in [1.82, 2.24) is 15.2 Å². The molecule has 1 unspecified atom stereocenters. The molecule has 19 heavy (non-hydrogen) atoms. The summed E-state index contributed by atoms with van der Waals surface area (Å²) in [6, 6.07) is 6.32. The third-order valence-corrected chi connectivity index (χ3v) is 3.13. The topological polar surface area (TPSA) is 49.8 Å². The Kier molecular flexibility index (Phi) is 4.68. The summed E-state index contributed by atoms with van der Waals surface area (Å²) in [7, 11) is 0. The van der Waals surface area contributed by atoms with Gasteiger partial charge in [0.15, 0.2) is 5.11 Å². The summed E-state index contributed by atoms with van der Waals surface area (Å²) in [6.45, 7) is 6.14. The maximum absolute atomic E-state index is 5.55. The first-order valence-corrected chi connectivity index (χ1v) is 6.80. The average Bonchev–Trinajstić information content (AvgIpc) is 2.88. The number of thiocarbonyl (C=S) groups is 1. The molecule has 1 fully saturated rings. The second-order valence-electron chi connectivity index (χ2n) is 4.18. The van der Waals surface area contributed by atoms with Gasteiger partial charge in [0.05, 0.1) is 18.3 Å². The predicted molar refractivity (Wildman–Crippen MR) is 79.0 cm³/mol. The molecular formula is C13H18N4OS. The van der Waals surface area contributed by atoms with Gasteiger partial charge in [0.25, 0.3) is 6.02 Å². The smallest absolute Gasteiger partial charge is 0.294 e. The molecule has 5 nitrogen and oxygen atoms in total.